The molecule has 2 heterocycles. The summed E-state index contributed by atoms with van der Waals surface area (Å²) in [4.78, 5) is 12.4. The van der Waals surface area contributed by atoms with Gasteiger partial charge in [-0.25, -0.2) is 0 Å². The fourth-order valence-electron chi connectivity index (χ4n) is 2.37. The summed E-state index contributed by atoms with van der Waals surface area (Å²) in [6.07, 6.45) is -2.75. The number of halogens is 3. The third-order valence-corrected chi connectivity index (χ3v) is 3.63. The van der Waals surface area contributed by atoms with Crippen molar-refractivity contribution >= 4 is 16.8 Å². The van der Waals surface area contributed by atoms with Crippen LogP contribution in [0.3, 0.4) is 0 Å². The second-order valence-electron chi connectivity index (χ2n) is 5.44. The number of H-pyrrole nitrogens is 1. The predicted molar refractivity (Wildman–Crippen MR) is 80.2 cm³/mol. The fraction of sp³-hybridized carbons (Fsp3) is 0.267. The van der Waals surface area contributed by atoms with E-state index in [9.17, 15) is 18.0 Å². The van der Waals surface area contributed by atoms with Gasteiger partial charge in [-0.15, -0.1) is 0 Å². The van der Waals surface area contributed by atoms with Gasteiger partial charge < -0.3 is 5.32 Å². The summed E-state index contributed by atoms with van der Waals surface area (Å²) in [5, 5.41) is 13.4. The van der Waals surface area contributed by atoms with Crippen LogP contribution in [0.15, 0.2) is 30.5 Å². The van der Waals surface area contributed by atoms with Gasteiger partial charge in [0.1, 0.15) is 0 Å². The minimum absolute atomic E-state index is 0.0844. The molecule has 6 nitrogen and oxygen atoms in total. The van der Waals surface area contributed by atoms with Gasteiger partial charge in [0, 0.05) is 18.6 Å². The minimum atomic E-state index is -4.49. The number of carbonyl (C=O) groups is 1. The topological polar surface area (TPSA) is 75.6 Å². The molecule has 1 atom stereocenters. The van der Waals surface area contributed by atoms with Crippen LogP contribution in [-0.4, -0.2) is 25.9 Å². The molecule has 0 fully saturated rings. The van der Waals surface area contributed by atoms with Crippen molar-refractivity contribution in [3.05, 3.63) is 47.4 Å². The Morgan fingerprint density at radius 3 is 2.71 bits per heavy atom. The van der Waals surface area contributed by atoms with Crippen molar-refractivity contribution in [3.8, 4) is 0 Å². The summed E-state index contributed by atoms with van der Waals surface area (Å²) in [5.74, 6) is -0.571. The first-order valence-corrected chi connectivity index (χ1v) is 7.11. The lowest BCUT2D eigenvalue weighted by Crippen LogP contribution is -2.27. The molecule has 0 saturated carbocycles. The molecule has 1 aromatic carbocycles. The quantitative estimate of drug-likeness (QED) is 0.772. The molecule has 0 aliphatic heterocycles. The molecule has 2 aromatic heterocycles. The van der Waals surface area contributed by atoms with Crippen LogP contribution in [0.1, 0.15) is 34.7 Å². The number of nitrogens with one attached hydrogen (secondary N) is 2. The zero-order valence-electron chi connectivity index (χ0n) is 12.8. The second kappa shape index (κ2) is 5.66. The third kappa shape index (κ3) is 2.97. The van der Waals surface area contributed by atoms with Crippen molar-refractivity contribution in [1.29, 1.82) is 0 Å². The van der Waals surface area contributed by atoms with Crippen LogP contribution in [0.4, 0.5) is 13.2 Å². The van der Waals surface area contributed by atoms with Gasteiger partial charge in [-0.1, -0.05) is 0 Å². The van der Waals surface area contributed by atoms with Gasteiger partial charge in [0.25, 0.3) is 5.91 Å². The average Bonchev–Trinajstić information content (AvgIpc) is 3.11. The summed E-state index contributed by atoms with van der Waals surface area (Å²) in [7, 11) is 1.75. The number of aromatic nitrogens is 4. The highest BCUT2D eigenvalue weighted by Gasteiger charge is 2.31. The number of fused-ring (bicyclic) bond motifs is 1. The molecule has 126 valence electrons. The number of aryl methyl sites for hydroxylation is 1. The Hall–Kier alpha value is -2.84. The molecule has 2 N–H and O–H groups in total. The maximum Gasteiger partial charge on any atom is 0.416 e. The molecular formula is C15H14F3N5O. The molecule has 0 aliphatic rings. The first-order chi connectivity index (χ1) is 11.3. The fourth-order valence-corrected chi connectivity index (χ4v) is 2.37. The first kappa shape index (κ1) is 16.0. The monoisotopic (exact) mass is 337 g/mol. The maximum absolute atomic E-state index is 12.8. The maximum atomic E-state index is 12.8. The molecule has 0 unspecified atom stereocenters. The number of hydrogen-bond acceptors (Lipinski definition) is 3. The van der Waals surface area contributed by atoms with E-state index in [-0.39, 0.29) is 11.1 Å². The first-order valence-electron chi connectivity index (χ1n) is 7.11. The minimum Gasteiger partial charge on any atom is -0.342 e. The molecule has 24 heavy (non-hydrogen) atoms. The summed E-state index contributed by atoms with van der Waals surface area (Å²) >= 11 is 0. The zero-order chi connectivity index (χ0) is 17.5. The highest BCUT2D eigenvalue weighted by Crippen LogP contribution is 2.31. The van der Waals surface area contributed by atoms with E-state index in [2.05, 4.69) is 20.6 Å². The zero-order valence-corrected chi connectivity index (χ0v) is 12.8. The third-order valence-electron chi connectivity index (χ3n) is 3.63. The predicted octanol–water partition coefficient (Wildman–Crippen LogP) is 2.81. The second-order valence-corrected chi connectivity index (χ2v) is 5.44. The van der Waals surface area contributed by atoms with E-state index in [1.165, 1.54) is 6.07 Å². The molecule has 0 bridgehead atoms. The molecular weight excluding hydrogens is 323 g/mol. The number of amides is 1. The molecule has 0 saturated heterocycles. The van der Waals surface area contributed by atoms with Gasteiger partial charge in [-0.2, -0.15) is 23.4 Å². The van der Waals surface area contributed by atoms with E-state index in [1.54, 1.807) is 30.9 Å². The SMILES string of the molecule is C[C@@H](NC(=O)c1n[nH]c2ccc(C(F)(F)F)cc12)c1ccn(C)n1. The Morgan fingerprint density at radius 2 is 2.08 bits per heavy atom. The highest BCUT2D eigenvalue weighted by molar-refractivity contribution is 6.04. The van der Waals surface area contributed by atoms with Crippen molar-refractivity contribution in [2.24, 2.45) is 7.05 Å². The van der Waals surface area contributed by atoms with Crippen LogP contribution in [0.2, 0.25) is 0 Å². The lowest BCUT2D eigenvalue weighted by molar-refractivity contribution is -0.137. The van der Waals surface area contributed by atoms with Crippen molar-refractivity contribution in [2.45, 2.75) is 19.1 Å². The summed E-state index contributed by atoms with van der Waals surface area (Å²) < 4.78 is 40.1. The summed E-state index contributed by atoms with van der Waals surface area (Å²) in [6, 6.07) is 4.45. The number of nitrogens with zero attached hydrogens (tertiary/aromatic N) is 3. The Morgan fingerprint density at radius 1 is 1.33 bits per heavy atom. The number of hydrogen-bond donors (Lipinski definition) is 2. The van der Waals surface area contributed by atoms with E-state index < -0.39 is 23.7 Å². The number of aromatic amines is 1. The molecule has 0 spiro atoms. The molecule has 9 heteroatoms. The van der Waals surface area contributed by atoms with Gasteiger partial charge in [0.05, 0.1) is 22.8 Å². The van der Waals surface area contributed by atoms with Crippen LogP contribution in [-0.2, 0) is 13.2 Å². The van der Waals surface area contributed by atoms with Gasteiger partial charge in [-0.3, -0.25) is 14.6 Å². The van der Waals surface area contributed by atoms with Gasteiger partial charge in [0.15, 0.2) is 5.69 Å². The van der Waals surface area contributed by atoms with Gasteiger partial charge in [-0.05, 0) is 31.2 Å². The van der Waals surface area contributed by atoms with Crippen molar-refractivity contribution in [2.75, 3.05) is 0 Å². The Balaban J connectivity index is 1.89. The van der Waals surface area contributed by atoms with Crippen molar-refractivity contribution in [1.82, 2.24) is 25.3 Å². The molecule has 1 amide bonds. The number of benzene rings is 1. The number of carbonyl (C=O) groups excluding carboxylic acids is 1. The molecule has 0 aliphatic carbocycles. The van der Waals surface area contributed by atoms with Crippen LogP contribution in [0.5, 0.6) is 0 Å². The van der Waals surface area contributed by atoms with E-state index in [4.69, 9.17) is 0 Å². The van der Waals surface area contributed by atoms with Gasteiger partial charge >= 0.3 is 6.18 Å². The van der Waals surface area contributed by atoms with Crippen LogP contribution in [0, 0.1) is 0 Å². The van der Waals surface area contributed by atoms with Crippen molar-refractivity contribution in [3.63, 3.8) is 0 Å². The van der Waals surface area contributed by atoms with Gasteiger partial charge in [0.2, 0.25) is 0 Å². The van der Waals surface area contributed by atoms with Crippen LogP contribution < -0.4 is 5.32 Å². The number of rotatable bonds is 3. The van der Waals surface area contributed by atoms with E-state index in [0.29, 0.717) is 11.2 Å². The van der Waals surface area contributed by atoms with Crippen molar-refractivity contribution < 1.29 is 18.0 Å². The summed E-state index contributed by atoms with van der Waals surface area (Å²) in [6.45, 7) is 1.73. The van der Waals surface area contributed by atoms with Crippen LogP contribution in [0.25, 0.3) is 10.9 Å². The molecule has 3 rings (SSSR count). The van der Waals surface area contributed by atoms with E-state index in [0.717, 1.165) is 12.1 Å². The normalized spacial score (nSPS) is 13.2. The van der Waals surface area contributed by atoms with E-state index >= 15 is 0 Å². The standard InChI is InChI=1S/C15H14F3N5O/c1-8(11-5-6-23(2)22-11)19-14(24)13-10-7-9(15(16,17)18)3-4-12(10)20-21-13/h3-8H,1-2H3,(H,19,24)(H,20,21)/t8-/m1/s1. The van der Waals surface area contributed by atoms with Crippen LogP contribution >= 0.6 is 0 Å². The average molecular weight is 337 g/mol. The molecule has 0 radical (unpaired) electrons. The highest BCUT2D eigenvalue weighted by atomic mass is 19.4. The Labute approximate surface area is 134 Å². The van der Waals surface area contributed by atoms with E-state index in [1.807, 2.05) is 0 Å². The largest absolute Gasteiger partial charge is 0.416 e. The lowest BCUT2D eigenvalue weighted by Gasteiger charge is -2.11. The Kier molecular flexibility index (Phi) is 3.78. The lowest BCUT2D eigenvalue weighted by atomic mass is 10.1. The molecule has 3 aromatic rings. The summed E-state index contributed by atoms with van der Waals surface area (Å²) in [5.41, 5.74) is 0.0856. The Bertz CT molecular complexity index is 896. The number of alkyl halides is 3. The smallest absolute Gasteiger partial charge is 0.342 e.